The summed E-state index contributed by atoms with van der Waals surface area (Å²) in [4.78, 5) is 29.0. The summed E-state index contributed by atoms with van der Waals surface area (Å²) in [5, 5.41) is 2.52. The van der Waals surface area contributed by atoms with E-state index in [0.29, 0.717) is 11.8 Å². The predicted octanol–water partition coefficient (Wildman–Crippen LogP) is 4.62. The van der Waals surface area contributed by atoms with Crippen LogP contribution in [0.1, 0.15) is 52.6 Å². The van der Waals surface area contributed by atoms with Gasteiger partial charge in [0.05, 0.1) is 28.6 Å². The van der Waals surface area contributed by atoms with Gasteiger partial charge in [-0.15, -0.1) is 0 Å². The monoisotopic (exact) mass is 380 g/mol. The summed E-state index contributed by atoms with van der Waals surface area (Å²) in [7, 11) is 0. The number of nitrogens with one attached hydrogen (secondary N) is 1. The summed E-state index contributed by atoms with van der Waals surface area (Å²) in [6, 6.07) is 4.62. The number of nitrogens with zero attached hydrogens (tertiary/aromatic N) is 1. The number of rotatable bonds is 3. The van der Waals surface area contributed by atoms with E-state index in [1.165, 1.54) is 19.3 Å². The highest BCUT2D eigenvalue weighted by Gasteiger charge is 2.34. The molecule has 0 spiro atoms. The zero-order chi connectivity index (χ0) is 20.4. The van der Waals surface area contributed by atoms with Gasteiger partial charge in [-0.25, -0.2) is 4.79 Å². The van der Waals surface area contributed by atoms with Crippen molar-refractivity contribution < 1.29 is 27.5 Å². The Bertz CT molecular complexity index is 857. The van der Waals surface area contributed by atoms with Gasteiger partial charge in [0, 0.05) is 6.20 Å². The van der Waals surface area contributed by atoms with E-state index < -0.39 is 34.8 Å². The van der Waals surface area contributed by atoms with Gasteiger partial charge in [0.25, 0.3) is 5.91 Å². The van der Waals surface area contributed by atoms with Crippen LogP contribution in [-0.4, -0.2) is 22.5 Å². The Balaban J connectivity index is 2.54. The SMILES string of the molecule is Cc1cc(C(F)(F)F)cc(C(=O)OC(C)(C)C)c1C(=O)Nc1cccnc1. The maximum absolute atomic E-state index is 13.2. The fourth-order valence-corrected chi connectivity index (χ4v) is 2.38. The molecule has 0 aliphatic rings. The normalized spacial score (nSPS) is 11.8. The first-order valence-corrected chi connectivity index (χ1v) is 8.05. The summed E-state index contributed by atoms with van der Waals surface area (Å²) in [5.41, 5.74) is -2.24. The van der Waals surface area contributed by atoms with Crippen LogP contribution >= 0.6 is 0 Å². The van der Waals surface area contributed by atoms with E-state index in [4.69, 9.17) is 4.74 Å². The average molecular weight is 380 g/mol. The predicted molar refractivity (Wildman–Crippen MR) is 93.5 cm³/mol. The molecule has 27 heavy (non-hydrogen) atoms. The number of pyridine rings is 1. The summed E-state index contributed by atoms with van der Waals surface area (Å²) < 4.78 is 44.7. The molecular formula is C19H19F3N2O3. The van der Waals surface area contributed by atoms with Crippen LogP contribution in [0.15, 0.2) is 36.7 Å². The molecule has 2 aromatic rings. The van der Waals surface area contributed by atoms with Gasteiger partial charge < -0.3 is 10.1 Å². The van der Waals surface area contributed by atoms with Crippen LogP contribution in [0.5, 0.6) is 0 Å². The van der Waals surface area contributed by atoms with Gasteiger partial charge in [0.15, 0.2) is 0 Å². The Morgan fingerprint density at radius 2 is 1.81 bits per heavy atom. The maximum atomic E-state index is 13.2. The molecule has 0 aliphatic carbocycles. The zero-order valence-corrected chi connectivity index (χ0v) is 15.3. The Labute approximate surface area is 154 Å². The molecule has 0 saturated heterocycles. The third-order valence-corrected chi connectivity index (χ3v) is 3.43. The maximum Gasteiger partial charge on any atom is 0.416 e. The smallest absolute Gasteiger partial charge is 0.416 e. The van der Waals surface area contributed by atoms with Gasteiger partial charge in [-0.1, -0.05) is 0 Å². The van der Waals surface area contributed by atoms with Crippen molar-refractivity contribution >= 4 is 17.6 Å². The van der Waals surface area contributed by atoms with Crippen LogP contribution in [0.2, 0.25) is 0 Å². The molecule has 1 amide bonds. The number of alkyl halides is 3. The lowest BCUT2D eigenvalue weighted by molar-refractivity contribution is -0.137. The van der Waals surface area contributed by atoms with Crippen LogP contribution in [0.4, 0.5) is 18.9 Å². The van der Waals surface area contributed by atoms with E-state index in [2.05, 4.69) is 10.3 Å². The molecule has 1 heterocycles. The number of carbonyl (C=O) groups excluding carboxylic acids is 2. The number of anilines is 1. The second-order valence-electron chi connectivity index (χ2n) is 6.91. The Morgan fingerprint density at radius 1 is 1.15 bits per heavy atom. The first kappa shape index (κ1) is 20.4. The van der Waals surface area contributed by atoms with Crippen molar-refractivity contribution in [3.63, 3.8) is 0 Å². The van der Waals surface area contributed by atoms with E-state index in [1.54, 1.807) is 32.9 Å². The van der Waals surface area contributed by atoms with Gasteiger partial charge in [0.1, 0.15) is 5.60 Å². The molecule has 0 aliphatic heterocycles. The average Bonchev–Trinajstić information content (AvgIpc) is 2.52. The van der Waals surface area contributed by atoms with Crippen molar-refractivity contribution in [3.05, 3.63) is 58.9 Å². The molecule has 144 valence electrons. The van der Waals surface area contributed by atoms with Crippen LogP contribution in [0, 0.1) is 6.92 Å². The fourth-order valence-electron chi connectivity index (χ4n) is 2.38. The highest BCUT2D eigenvalue weighted by Crippen LogP contribution is 2.33. The topological polar surface area (TPSA) is 68.3 Å². The van der Waals surface area contributed by atoms with Gasteiger partial charge in [-0.05, 0) is 57.5 Å². The van der Waals surface area contributed by atoms with E-state index in [0.717, 1.165) is 6.07 Å². The lowest BCUT2D eigenvalue weighted by Gasteiger charge is -2.22. The molecule has 0 unspecified atom stereocenters. The molecule has 0 radical (unpaired) electrons. The van der Waals surface area contributed by atoms with Crippen molar-refractivity contribution in [2.45, 2.75) is 39.5 Å². The van der Waals surface area contributed by atoms with Crippen molar-refractivity contribution in [2.24, 2.45) is 0 Å². The van der Waals surface area contributed by atoms with Gasteiger partial charge in [-0.3, -0.25) is 9.78 Å². The number of hydrogen-bond donors (Lipinski definition) is 1. The van der Waals surface area contributed by atoms with Crippen LogP contribution in [0.25, 0.3) is 0 Å². The second-order valence-corrected chi connectivity index (χ2v) is 6.91. The molecular weight excluding hydrogens is 361 g/mol. The number of benzene rings is 1. The number of aryl methyl sites for hydroxylation is 1. The Kier molecular flexibility index (Phi) is 5.58. The van der Waals surface area contributed by atoms with E-state index >= 15 is 0 Å². The molecule has 0 saturated carbocycles. The van der Waals surface area contributed by atoms with E-state index in [9.17, 15) is 22.8 Å². The van der Waals surface area contributed by atoms with Gasteiger partial charge in [0.2, 0.25) is 0 Å². The quantitative estimate of drug-likeness (QED) is 0.789. The number of hydrogen-bond acceptors (Lipinski definition) is 4. The number of ether oxygens (including phenoxy) is 1. The van der Waals surface area contributed by atoms with Crippen molar-refractivity contribution in [2.75, 3.05) is 5.32 Å². The standard InChI is InChI=1S/C19H19F3N2O3/c1-11-8-12(19(20,21)22)9-14(17(26)27-18(2,3)4)15(11)16(25)24-13-6-5-7-23-10-13/h5-10H,1-4H3,(H,24,25). The van der Waals surface area contributed by atoms with E-state index in [-0.39, 0.29) is 11.1 Å². The summed E-state index contributed by atoms with van der Waals surface area (Å²) in [6.07, 6.45) is -1.78. The molecule has 1 aromatic heterocycles. The molecule has 1 N–H and O–H groups in total. The second kappa shape index (κ2) is 7.38. The number of carbonyl (C=O) groups is 2. The lowest BCUT2D eigenvalue weighted by Crippen LogP contribution is -2.27. The minimum atomic E-state index is -4.67. The molecule has 0 fully saturated rings. The fraction of sp³-hybridized carbons (Fsp3) is 0.316. The minimum absolute atomic E-state index is 0.00655. The summed E-state index contributed by atoms with van der Waals surface area (Å²) in [6.45, 7) is 6.09. The molecule has 5 nitrogen and oxygen atoms in total. The molecule has 0 bridgehead atoms. The number of amides is 1. The van der Waals surface area contributed by atoms with Gasteiger partial charge >= 0.3 is 12.1 Å². The largest absolute Gasteiger partial charge is 0.456 e. The number of aromatic nitrogens is 1. The van der Waals surface area contributed by atoms with Crippen LogP contribution in [0.3, 0.4) is 0 Å². The highest BCUT2D eigenvalue weighted by molar-refractivity contribution is 6.12. The van der Waals surface area contributed by atoms with Crippen molar-refractivity contribution in [1.29, 1.82) is 0 Å². The first-order valence-electron chi connectivity index (χ1n) is 8.05. The zero-order valence-electron chi connectivity index (χ0n) is 15.3. The molecule has 2 rings (SSSR count). The summed E-state index contributed by atoms with van der Waals surface area (Å²) >= 11 is 0. The van der Waals surface area contributed by atoms with E-state index in [1.807, 2.05) is 0 Å². The number of halogens is 3. The molecule has 0 atom stereocenters. The Hall–Kier alpha value is -2.90. The number of esters is 1. The van der Waals surface area contributed by atoms with Crippen LogP contribution in [-0.2, 0) is 10.9 Å². The third kappa shape index (κ3) is 5.29. The highest BCUT2D eigenvalue weighted by atomic mass is 19.4. The Morgan fingerprint density at radius 3 is 2.33 bits per heavy atom. The molecule has 8 heteroatoms. The summed E-state index contributed by atoms with van der Waals surface area (Å²) in [5.74, 6) is -1.73. The third-order valence-electron chi connectivity index (χ3n) is 3.43. The van der Waals surface area contributed by atoms with Crippen molar-refractivity contribution in [3.8, 4) is 0 Å². The van der Waals surface area contributed by atoms with Gasteiger partial charge in [-0.2, -0.15) is 13.2 Å². The molecule has 1 aromatic carbocycles. The minimum Gasteiger partial charge on any atom is -0.456 e. The van der Waals surface area contributed by atoms with Crippen LogP contribution < -0.4 is 5.32 Å². The van der Waals surface area contributed by atoms with Crippen molar-refractivity contribution in [1.82, 2.24) is 4.98 Å². The lowest BCUT2D eigenvalue weighted by atomic mass is 9.97. The first-order chi connectivity index (χ1) is 12.4.